The van der Waals surface area contributed by atoms with Gasteiger partial charge in [0.05, 0.1) is 6.42 Å². The minimum atomic E-state index is -0.437. The largest absolute Gasteiger partial charge is 0.461 e. The Hall–Kier alpha value is -2.40. The van der Waals surface area contributed by atoms with Crippen LogP contribution in [-0.4, -0.2) is 5.97 Å². The fourth-order valence-corrected chi connectivity index (χ4v) is 3.59. The summed E-state index contributed by atoms with van der Waals surface area (Å²) in [5.74, 6) is 0.0468. The van der Waals surface area contributed by atoms with Crippen molar-refractivity contribution >= 4 is 28.3 Å². The van der Waals surface area contributed by atoms with E-state index >= 15 is 0 Å². The molecule has 3 rings (SSSR count). The average molecular weight is 356 g/mol. The van der Waals surface area contributed by atoms with Crippen LogP contribution in [0, 0.1) is 6.92 Å². The van der Waals surface area contributed by atoms with Crippen LogP contribution in [0.5, 0.6) is 0 Å². The monoisotopic (exact) mass is 356 g/mol. The molecule has 0 aliphatic rings. The molecule has 25 heavy (non-hydrogen) atoms. The van der Waals surface area contributed by atoms with Crippen molar-refractivity contribution in [3.63, 3.8) is 0 Å². The van der Waals surface area contributed by atoms with Crippen molar-refractivity contribution in [2.75, 3.05) is 0 Å². The molecular formula is C20H20O4S. The maximum atomic E-state index is 12.0. The third-order valence-corrected chi connectivity index (χ3v) is 5.00. The molecule has 0 saturated heterocycles. The second-order valence-corrected chi connectivity index (χ2v) is 7.40. The highest BCUT2D eigenvalue weighted by Crippen LogP contribution is 2.27. The fourth-order valence-electron chi connectivity index (χ4n) is 2.90. The van der Waals surface area contributed by atoms with Crippen molar-refractivity contribution in [3.05, 3.63) is 67.7 Å². The zero-order chi connectivity index (χ0) is 18.0. The number of fused-ring (bicyclic) bond motifs is 1. The summed E-state index contributed by atoms with van der Waals surface area (Å²) in [6.07, 6.45) is 0.243. The molecule has 1 aromatic carbocycles. The van der Waals surface area contributed by atoms with E-state index in [0.717, 1.165) is 15.8 Å². The van der Waals surface area contributed by atoms with E-state index in [1.54, 1.807) is 0 Å². The summed E-state index contributed by atoms with van der Waals surface area (Å²) in [5.41, 5.74) is 3.03. The molecule has 0 atom stereocenters. The van der Waals surface area contributed by atoms with Crippen LogP contribution in [0.2, 0.25) is 0 Å². The van der Waals surface area contributed by atoms with Crippen LogP contribution < -0.4 is 5.63 Å². The molecule has 4 nitrogen and oxygen atoms in total. The van der Waals surface area contributed by atoms with E-state index in [1.165, 1.54) is 23.0 Å². The number of rotatable bonds is 5. The highest BCUT2D eigenvalue weighted by molar-refractivity contribution is 7.10. The van der Waals surface area contributed by atoms with Gasteiger partial charge in [-0.05, 0) is 47.5 Å². The van der Waals surface area contributed by atoms with Gasteiger partial charge in [-0.3, -0.25) is 4.79 Å². The number of carbonyl (C=O) groups is 1. The molecule has 0 bridgehead atoms. The predicted molar refractivity (Wildman–Crippen MR) is 99.1 cm³/mol. The van der Waals surface area contributed by atoms with Crippen LogP contribution in [-0.2, 0) is 22.6 Å². The zero-order valence-corrected chi connectivity index (χ0v) is 15.3. The van der Waals surface area contributed by atoms with Gasteiger partial charge in [0.1, 0.15) is 12.2 Å². The molecule has 3 aromatic rings. The number of aryl methyl sites for hydroxylation is 1. The smallest absolute Gasteiger partial charge is 0.336 e. The van der Waals surface area contributed by atoms with Crippen LogP contribution in [0.3, 0.4) is 0 Å². The first kappa shape index (κ1) is 17.4. The molecule has 130 valence electrons. The fraction of sp³-hybridized carbons (Fsp3) is 0.300. The summed E-state index contributed by atoms with van der Waals surface area (Å²) < 4.78 is 10.7. The molecule has 5 heteroatoms. The van der Waals surface area contributed by atoms with Gasteiger partial charge < -0.3 is 9.15 Å². The lowest BCUT2D eigenvalue weighted by atomic mass is 9.95. The average Bonchev–Trinajstić information content (AvgIpc) is 3.04. The van der Waals surface area contributed by atoms with Crippen molar-refractivity contribution < 1.29 is 13.9 Å². The van der Waals surface area contributed by atoms with E-state index in [1.807, 2.05) is 36.6 Å². The molecule has 0 N–H and O–H groups in total. The second kappa shape index (κ2) is 7.23. The third kappa shape index (κ3) is 3.99. The first-order valence-electron chi connectivity index (χ1n) is 8.19. The molecule has 0 amide bonds. The van der Waals surface area contributed by atoms with Crippen LogP contribution in [0.4, 0.5) is 0 Å². The predicted octanol–water partition coefficient (Wildman–Crippen LogP) is 4.57. The Morgan fingerprint density at radius 3 is 2.76 bits per heavy atom. The molecule has 0 unspecified atom stereocenters. The van der Waals surface area contributed by atoms with Crippen molar-refractivity contribution in [2.45, 2.75) is 39.7 Å². The van der Waals surface area contributed by atoms with E-state index in [9.17, 15) is 9.59 Å². The third-order valence-electron chi connectivity index (χ3n) is 4.13. The molecule has 0 aliphatic heterocycles. The normalized spacial score (nSPS) is 11.2. The maximum Gasteiger partial charge on any atom is 0.336 e. The van der Waals surface area contributed by atoms with Gasteiger partial charge >= 0.3 is 11.6 Å². The summed E-state index contributed by atoms with van der Waals surface area (Å²) in [6, 6.07) is 9.11. The number of ether oxygens (including phenoxy) is 1. The zero-order valence-electron chi connectivity index (χ0n) is 14.5. The minimum absolute atomic E-state index is 0.0624. The molecule has 0 radical (unpaired) electrons. The lowest BCUT2D eigenvalue weighted by molar-refractivity contribution is -0.144. The van der Waals surface area contributed by atoms with Crippen LogP contribution in [0.1, 0.15) is 41.3 Å². The van der Waals surface area contributed by atoms with Crippen molar-refractivity contribution in [1.29, 1.82) is 0 Å². The van der Waals surface area contributed by atoms with Gasteiger partial charge in [-0.15, -0.1) is 11.3 Å². The van der Waals surface area contributed by atoms with E-state index in [2.05, 4.69) is 13.8 Å². The lowest BCUT2D eigenvalue weighted by Gasteiger charge is -2.13. The number of hydrogen-bond donors (Lipinski definition) is 0. The molecular weight excluding hydrogens is 336 g/mol. The van der Waals surface area contributed by atoms with Crippen molar-refractivity contribution in [3.8, 4) is 0 Å². The Morgan fingerprint density at radius 1 is 1.28 bits per heavy atom. The van der Waals surface area contributed by atoms with Crippen LogP contribution in [0.15, 0.2) is 44.9 Å². The molecule has 2 heterocycles. The summed E-state index contributed by atoms with van der Waals surface area (Å²) in [4.78, 5) is 24.8. The van der Waals surface area contributed by atoms with Gasteiger partial charge in [-0.2, -0.15) is 0 Å². The van der Waals surface area contributed by atoms with E-state index in [0.29, 0.717) is 17.1 Å². The first-order chi connectivity index (χ1) is 11.9. The highest BCUT2D eigenvalue weighted by Gasteiger charge is 2.13. The summed E-state index contributed by atoms with van der Waals surface area (Å²) in [5, 5.41) is 2.74. The van der Waals surface area contributed by atoms with Gasteiger partial charge in [0.15, 0.2) is 0 Å². The summed E-state index contributed by atoms with van der Waals surface area (Å²) in [6.45, 7) is 6.30. The summed E-state index contributed by atoms with van der Waals surface area (Å²) >= 11 is 1.52. The Kier molecular flexibility index (Phi) is 5.04. The molecule has 0 spiro atoms. The summed E-state index contributed by atoms with van der Waals surface area (Å²) in [7, 11) is 0. The standard InChI is InChI=1S/C20H20O4S/c1-12(2)16-10-17-14(8-20(22)24-18(17)7-13(16)3)11-23-19(21)9-15-5-4-6-25-15/h4-8,10,12H,9,11H2,1-3H3. The lowest BCUT2D eigenvalue weighted by Crippen LogP contribution is -2.09. The second-order valence-electron chi connectivity index (χ2n) is 6.37. The number of esters is 1. The number of hydrogen-bond acceptors (Lipinski definition) is 5. The highest BCUT2D eigenvalue weighted by atomic mass is 32.1. The van der Waals surface area contributed by atoms with Gasteiger partial charge in [-0.1, -0.05) is 19.9 Å². The van der Waals surface area contributed by atoms with Crippen LogP contribution in [0.25, 0.3) is 11.0 Å². The van der Waals surface area contributed by atoms with Gasteiger partial charge in [0, 0.05) is 21.9 Å². The van der Waals surface area contributed by atoms with Crippen LogP contribution >= 0.6 is 11.3 Å². The van der Waals surface area contributed by atoms with E-state index in [4.69, 9.17) is 9.15 Å². The Balaban J connectivity index is 1.88. The van der Waals surface area contributed by atoms with Gasteiger partial charge in [-0.25, -0.2) is 4.79 Å². The molecule has 0 saturated carbocycles. The molecule has 0 aliphatic carbocycles. The van der Waals surface area contributed by atoms with E-state index < -0.39 is 5.63 Å². The van der Waals surface area contributed by atoms with Crippen molar-refractivity contribution in [2.24, 2.45) is 0 Å². The Morgan fingerprint density at radius 2 is 2.08 bits per heavy atom. The Bertz CT molecular complexity index is 952. The number of thiophene rings is 1. The topological polar surface area (TPSA) is 56.5 Å². The molecule has 0 fully saturated rings. The molecule has 2 aromatic heterocycles. The SMILES string of the molecule is Cc1cc2oc(=O)cc(COC(=O)Cc3cccs3)c2cc1C(C)C. The quantitative estimate of drug-likeness (QED) is 0.496. The van der Waals surface area contributed by atoms with Crippen molar-refractivity contribution in [1.82, 2.24) is 0 Å². The maximum absolute atomic E-state index is 12.0. The minimum Gasteiger partial charge on any atom is -0.461 e. The van der Waals surface area contributed by atoms with E-state index in [-0.39, 0.29) is 19.0 Å². The Labute approximate surface area is 150 Å². The van der Waals surface area contributed by atoms with Gasteiger partial charge in [0.2, 0.25) is 0 Å². The number of benzene rings is 1. The first-order valence-corrected chi connectivity index (χ1v) is 9.07. The number of carbonyl (C=O) groups excluding carboxylic acids is 1. The van der Waals surface area contributed by atoms with Gasteiger partial charge in [0.25, 0.3) is 0 Å².